The molecule has 0 bridgehead atoms. The first-order valence-electron chi connectivity index (χ1n) is 13.9. The highest BCUT2D eigenvalue weighted by atomic mass is 19.1. The fourth-order valence-corrected chi connectivity index (χ4v) is 6.03. The Labute approximate surface area is 247 Å². The van der Waals surface area contributed by atoms with E-state index in [0.29, 0.717) is 30.2 Å². The number of aliphatic hydroxyl groups excluding tert-OH is 1. The van der Waals surface area contributed by atoms with Gasteiger partial charge in [0, 0.05) is 38.5 Å². The summed E-state index contributed by atoms with van der Waals surface area (Å²) in [5.41, 5.74) is 6.65. The minimum absolute atomic E-state index is 0.0120. The minimum atomic E-state index is -2.14. The third-order valence-corrected chi connectivity index (χ3v) is 7.86. The third-order valence-electron chi connectivity index (χ3n) is 7.86. The van der Waals surface area contributed by atoms with Crippen LogP contribution in [0.1, 0.15) is 25.5 Å². The summed E-state index contributed by atoms with van der Waals surface area (Å²) in [6.07, 6.45) is 6.80. The number of nitrogens with zero attached hydrogens (tertiary/aromatic N) is 6. The molecule has 0 spiro atoms. The summed E-state index contributed by atoms with van der Waals surface area (Å²) < 4.78 is 42.6. The van der Waals surface area contributed by atoms with Crippen molar-refractivity contribution >= 4 is 28.9 Å². The Bertz CT molecular complexity index is 1530. The van der Waals surface area contributed by atoms with E-state index in [4.69, 9.17) is 20.3 Å². The van der Waals surface area contributed by atoms with Gasteiger partial charge >= 0.3 is 6.09 Å². The Morgan fingerprint density at radius 2 is 2.09 bits per heavy atom. The van der Waals surface area contributed by atoms with Gasteiger partial charge in [-0.3, -0.25) is 4.98 Å². The molecule has 1 aliphatic carbocycles. The molecule has 0 aromatic carbocycles. The lowest BCUT2D eigenvalue weighted by Crippen LogP contribution is -2.62. The molecule has 1 aliphatic heterocycles. The maximum Gasteiger partial charge on any atom is 0.409 e. The highest BCUT2D eigenvalue weighted by Gasteiger charge is 2.42. The van der Waals surface area contributed by atoms with Crippen molar-refractivity contribution in [3.8, 4) is 0 Å². The number of alkyl halides is 1. The number of amides is 1. The van der Waals surface area contributed by atoms with E-state index in [9.17, 15) is 4.79 Å². The van der Waals surface area contributed by atoms with Crippen LogP contribution in [0.3, 0.4) is 0 Å². The Morgan fingerprint density at radius 3 is 2.79 bits per heavy atom. The van der Waals surface area contributed by atoms with E-state index in [2.05, 4.69) is 25.3 Å². The molecule has 12 nitrogen and oxygen atoms in total. The van der Waals surface area contributed by atoms with E-state index < -0.39 is 23.5 Å². The fraction of sp³-hybridized carbons (Fsp3) is 0.448. The summed E-state index contributed by atoms with van der Waals surface area (Å²) in [6.45, 7) is 4.03. The van der Waals surface area contributed by atoms with Crippen LogP contribution in [-0.2, 0) is 9.47 Å². The monoisotopic (exact) mass is 598 g/mol. The SMILES string of the molecule is COC(=O)N(C)[C@@H]1[C@H](N)CN(c2ccncc2Nc2ncc3ccc(C4C(F)=CC(OCCO)=CC4(C)F)nn23)C[C@@H]1C. The smallest absolute Gasteiger partial charge is 0.409 e. The number of carbonyl (C=O) groups excluding carboxylic acids is 1. The molecule has 2 aliphatic rings. The summed E-state index contributed by atoms with van der Waals surface area (Å²) in [4.78, 5) is 24.6. The number of hydrogen-bond acceptors (Lipinski definition) is 10. The predicted molar refractivity (Wildman–Crippen MR) is 156 cm³/mol. The van der Waals surface area contributed by atoms with Gasteiger partial charge in [0.15, 0.2) is 0 Å². The first-order valence-corrected chi connectivity index (χ1v) is 13.9. The van der Waals surface area contributed by atoms with Crippen LogP contribution in [-0.4, -0.2) is 93.9 Å². The Kier molecular flexibility index (Phi) is 8.51. The van der Waals surface area contributed by atoms with Crippen LogP contribution in [0.15, 0.2) is 60.5 Å². The molecular weight excluding hydrogens is 562 g/mol. The molecule has 3 aromatic rings. The molecule has 0 saturated carbocycles. The zero-order valence-corrected chi connectivity index (χ0v) is 24.4. The van der Waals surface area contributed by atoms with E-state index in [1.807, 2.05) is 13.0 Å². The predicted octanol–water partition coefficient (Wildman–Crippen LogP) is 3.29. The van der Waals surface area contributed by atoms with Crippen molar-refractivity contribution in [2.75, 3.05) is 50.7 Å². The number of hydrogen-bond donors (Lipinski definition) is 3. The number of fused-ring (bicyclic) bond motifs is 1. The largest absolute Gasteiger partial charge is 0.491 e. The highest BCUT2D eigenvalue weighted by molar-refractivity contribution is 5.74. The third kappa shape index (κ3) is 5.97. The topological polar surface area (TPSA) is 143 Å². The minimum Gasteiger partial charge on any atom is -0.491 e. The summed E-state index contributed by atoms with van der Waals surface area (Å²) in [6, 6.07) is 4.57. The first-order chi connectivity index (χ1) is 20.5. The van der Waals surface area contributed by atoms with E-state index in [1.165, 1.54) is 24.6 Å². The number of methoxy groups -OCH3 is 1. The van der Waals surface area contributed by atoms with E-state index in [-0.39, 0.29) is 42.7 Å². The average molecular weight is 599 g/mol. The molecular formula is C29H36F2N8O4. The van der Waals surface area contributed by atoms with Crippen molar-refractivity contribution in [3.05, 3.63) is 66.2 Å². The number of halogens is 2. The van der Waals surface area contributed by atoms with Crippen LogP contribution in [0.4, 0.5) is 30.9 Å². The molecule has 5 atom stereocenters. The van der Waals surface area contributed by atoms with Gasteiger partial charge in [0.25, 0.3) is 0 Å². The second-order valence-corrected chi connectivity index (χ2v) is 11.0. The fourth-order valence-electron chi connectivity index (χ4n) is 6.03. The number of aromatic nitrogens is 4. The zero-order chi connectivity index (χ0) is 30.9. The molecule has 3 aromatic heterocycles. The summed E-state index contributed by atoms with van der Waals surface area (Å²) in [5.74, 6) is -1.69. The Hall–Kier alpha value is -4.30. The molecule has 230 valence electrons. The molecule has 5 rings (SSSR count). The Morgan fingerprint density at radius 1 is 1.30 bits per heavy atom. The standard InChI is InChI=1S/C29H36F2N8O4/c1-17-15-38(16-21(32)26(17)37(3)28(41)42-4)24-7-8-33-14-23(24)35-27-34-13-18-5-6-22(36-39(18)27)25-20(30)11-19(43-10-9-40)12-29(25,2)31/h5-8,11-14,17,21,25-26,40H,9-10,15-16,32H2,1-4H3,(H,34,35)/t17-,21+,25?,26-,29?/m0/s1. The van der Waals surface area contributed by atoms with E-state index >= 15 is 8.78 Å². The molecule has 2 unspecified atom stereocenters. The zero-order valence-electron chi connectivity index (χ0n) is 24.4. The van der Waals surface area contributed by atoms with E-state index in [0.717, 1.165) is 11.8 Å². The van der Waals surface area contributed by atoms with Gasteiger partial charge in [-0.25, -0.2) is 18.6 Å². The van der Waals surface area contributed by atoms with Crippen molar-refractivity contribution in [1.29, 1.82) is 0 Å². The number of carbonyl (C=O) groups is 1. The summed E-state index contributed by atoms with van der Waals surface area (Å²) >= 11 is 0. The lowest BCUT2D eigenvalue weighted by atomic mass is 9.83. The number of likely N-dealkylation sites (N-methyl/N-ethyl adjacent to an activating group) is 1. The number of nitrogens with two attached hydrogens (primary N) is 1. The molecule has 43 heavy (non-hydrogen) atoms. The van der Waals surface area contributed by atoms with Crippen LogP contribution >= 0.6 is 0 Å². The van der Waals surface area contributed by atoms with Crippen molar-refractivity contribution in [3.63, 3.8) is 0 Å². The molecule has 1 fully saturated rings. The average Bonchev–Trinajstić information content (AvgIpc) is 3.36. The van der Waals surface area contributed by atoms with Crippen LogP contribution in [0.25, 0.3) is 5.52 Å². The van der Waals surface area contributed by atoms with Gasteiger partial charge in [0.05, 0.1) is 60.7 Å². The second-order valence-electron chi connectivity index (χ2n) is 11.0. The molecule has 1 amide bonds. The number of nitrogens with one attached hydrogen (secondary N) is 1. The van der Waals surface area contributed by atoms with Gasteiger partial charge < -0.3 is 35.4 Å². The first kappa shape index (κ1) is 30.2. The van der Waals surface area contributed by atoms with Crippen LogP contribution < -0.4 is 16.0 Å². The number of piperidine rings is 1. The number of anilines is 3. The second kappa shape index (κ2) is 12.1. The van der Waals surface area contributed by atoms with Crippen molar-refractivity contribution in [1.82, 2.24) is 24.5 Å². The molecule has 14 heteroatoms. The Balaban J connectivity index is 1.41. The van der Waals surface area contributed by atoms with Crippen LogP contribution in [0.2, 0.25) is 0 Å². The van der Waals surface area contributed by atoms with Gasteiger partial charge in [-0.05, 0) is 37.1 Å². The quantitative estimate of drug-likeness (QED) is 0.353. The van der Waals surface area contributed by atoms with Crippen LogP contribution in [0, 0.1) is 5.92 Å². The number of pyridine rings is 1. The van der Waals surface area contributed by atoms with Gasteiger partial charge in [0.1, 0.15) is 23.9 Å². The van der Waals surface area contributed by atoms with E-state index in [1.54, 1.807) is 42.7 Å². The number of imidazole rings is 1. The maximum atomic E-state index is 15.8. The lowest BCUT2D eigenvalue weighted by Gasteiger charge is -2.45. The van der Waals surface area contributed by atoms with Gasteiger partial charge in [-0.2, -0.15) is 9.61 Å². The lowest BCUT2D eigenvalue weighted by molar-refractivity contribution is 0.0906. The van der Waals surface area contributed by atoms with Crippen LogP contribution in [0.5, 0.6) is 0 Å². The van der Waals surface area contributed by atoms with Gasteiger partial charge in [0.2, 0.25) is 5.95 Å². The maximum absolute atomic E-state index is 15.8. The molecule has 4 heterocycles. The normalized spacial score (nSPS) is 25.6. The molecule has 1 saturated heterocycles. The molecule has 0 radical (unpaired) electrons. The number of aliphatic hydroxyl groups is 1. The van der Waals surface area contributed by atoms with Crippen molar-refractivity contribution in [2.45, 2.75) is 37.5 Å². The number of rotatable bonds is 8. The number of ether oxygens (including phenoxy) is 2. The molecule has 4 N–H and O–H groups in total. The van der Waals surface area contributed by atoms with Gasteiger partial charge in [-0.15, -0.1) is 0 Å². The highest BCUT2D eigenvalue weighted by Crippen LogP contribution is 2.43. The van der Waals surface area contributed by atoms with Crippen molar-refractivity contribution < 1.29 is 28.2 Å². The number of allylic oxidation sites excluding steroid dienone is 3. The summed E-state index contributed by atoms with van der Waals surface area (Å²) in [5, 5.41) is 16.8. The van der Waals surface area contributed by atoms with Gasteiger partial charge in [-0.1, -0.05) is 6.92 Å². The van der Waals surface area contributed by atoms with Crippen molar-refractivity contribution in [2.24, 2.45) is 11.7 Å². The summed E-state index contributed by atoms with van der Waals surface area (Å²) in [7, 11) is 3.03.